The van der Waals surface area contributed by atoms with E-state index in [0.29, 0.717) is 0 Å². The summed E-state index contributed by atoms with van der Waals surface area (Å²) in [5.74, 6) is -0.385. The number of carbonyl (C=O) groups excluding carboxylic acids is 1. The van der Waals surface area contributed by atoms with Crippen LogP contribution in [0.25, 0.3) is 0 Å². The average Bonchev–Trinajstić information content (AvgIpc) is 2.15. The summed E-state index contributed by atoms with van der Waals surface area (Å²) in [6.45, 7) is 5.46. The summed E-state index contributed by atoms with van der Waals surface area (Å²) in [6.07, 6.45) is 0.262. The third-order valence-electron chi connectivity index (χ3n) is 2.36. The van der Waals surface area contributed by atoms with Crippen LogP contribution in [0.2, 0.25) is 0 Å². The van der Waals surface area contributed by atoms with Gasteiger partial charge in [-0.05, 0) is 38.5 Å². The minimum Gasteiger partial charge on any atom is -0.350 e. The van der Waals surface area contributed by atoms with Crippen LogP contribution >= 0.6 is 0 Å². The van der Waals surface area contributed by atoms with Crippen molar-refractivity contribution in [2.75, 3.05) is 0 Å². The maximum atomic E-state index is 12.7. The molecule has 0 saturated carbocycles. The zero-order valence-electron chi connectivity index (χ0n) is 10.5. The molecule has 0 aliphatic rings. The number of hydrogen-bond acceptors (Lipinski definition) is 2. The smallest absolute Gasteiger partial charge is 0.222 e. The van der Waals surface area contributed by atoms with Gasteiger partial charge in [0.1, 0.15) is 5.82 Å². The second-order valence-corrected chi connectivity index (χ2v) is 5.01. The van der Waals surface area contributed by atoms with Gasteiger partial charge in [0.15, 0.2) is 0 Å². The van der Waals surface area contributed by atoms with Crippen LogP contribution in [0.5, 0.6) is 0 Å². The molecule has 0 radical (unpaired) electrons. The largest absolute Gasteiger partial charge is 0.350 e. The standard InChI is InChI=1S/C13H19FN2O/c1-9(10-4-6-11(14)7-5-10)16-12(17)8-13(2,3)15/h4-7,9H,8,15H2,1-3H3,(H,16,17)/t9-/m1/s1. The Morgan fingerprint density at radius 2 is 1.94 bits per heavy atom. The Kier molecular flexibility index (Phi) is 4.23. The molecule has 0 saturated heterocycles. The van der Waals surface area contributed by atoms with Crippen LogP contribution in [0.3, 0.4) is 0 Å². The molecular weight excluding hydrogens is 219 g/mol. The minimum absolute atomic E-state index is 0.102. The highest BCUT2D eigenvalue weighted by Crippen LogP contribution is 2.13. The number of benzene rings is 1. The van der Waals surface area contributed by atoms with Gasteiger partial charge in [0.2, 0.25) is 5.91 Å². The number of hydrogen-bond donors (Lipinski definition) is 2. The van der Waals surface area contributed by atoms with Gasteiger partial charge >= 0.3 is 0 Å². The van der Waals surface area contributed by atoms with E-state index in [1.807, 2.05) is 6.92 Å². The van der Waals surface area contributed by atoms with Crippen molar-refractivity contribution in [1.29, 1.82) is 0 Å². The molecule has 0 aliphatic heterocycles. The van der Waals surface area contributed by atoms with Crippen molar-refractivity contribution < 1.29 is 9.18 Å². The van der Waals surface area contributed by atoms with Crippen molar-refractivity contribution in [2.24, 2.45) is 5.73 Å². The van der Waals surface area contributed by atoms with E-state index in [4.69, 9.17) is 5.73 Å². The van der Waals surface area contributed by atoms with Gasteiger partial charge in [-0.3, -0.25) is 4.79 Å². The lowest BCUT2D eigenvalue weighted by Crippen LogP contribution is -2.39. The van der Waals surface area contributed by atoms with E-state index >= 15 is 0 Å². The highest BCUT2D eigenvalue weighted by molar-refractivity contribution is 5.77. The van der Waals surface area contributed by atoms with Gasteiger partial charge in [-0.1, -0.05) is 12.1 Å². The predicted molar refractivity (Wildman–Crippen MR) is 65.8 cm³/mol. The molecule has 0 aliphatic carbocycles. The van der Waals surface area contributed by atoms with Crippen LogP contribution in [0, 0.1) is 5.82 Å². The Morgan fingerprint density at radius 1 is 1.41 bits per heavy atom. The predicted octanol–water partition coefficient (Wildman–Crippen LogP) is 2.13. The molecule has 1 aromatic rings. The van der Waals surface area contributed by atoms with Crippen LogP contribution in [0.15, 0.2) is 24.3 Å². The first-order valence-corrected chi connectivity index (χ1v) is 5.61. The first-order valence-electron chi connectivity index (χ1n) is 5.61. The maximum absolute atomic E-state index is 12.7. The summed E-state index contributed by atoms with van der Waals surface area (Å²) in [5.41, 5.74) is 6.11. The lowest BCUT2D eigenvalue weighted by atomic mass is 10.0. The van der Waals surface area contributed by atoms with Crippen LogP contribution in [-0.2, 0) is 4.79 Å². The van der Waals surface area contributed by atoms with Crippen molar-refractivity contribution in [3.05, 3.63) is 35.6 Å². The lowest BCUT2D eigenvalue weighted by molar-refractivity contribution is -0.122. The molecule has 0 heterocycles. The van der Waals surface area contributed by atoms with Crippen LogP contribution < -0.4 is 11.1 Å². The molecule has 1 amide bonds. The Balaban J connectivity index is 2.57. The van der Waals surface area contributed by atoms with E-state index in [1.165, 1.54) is 12.1 Å². The summed E-state index contributed by atoms with van der Waals surface area (Å²) in [5, 5.41) is 2.83. The van der Waals surface area contributed by atoms with E-state index < -0.39 is 5.54 Å². The number of halogens is 1. The number of nitrogens with one attached hydrogen (secondary N) is 1. The Hall–Kier alpha value is -1.42. The second kappa shape index (κ2) is 5.27. The first kappa shape index (κ1) is 13.6. The highest BCUT2D eigenvalue weighted by atomic mass is 19.1. The summed E-state index contributed by atoms with van der Waals surface area (Å²) in [4.78, 5) is 11.6. The fourth-order valence-corrected chi connectivity index (χ4v) is 1.54. The molecular formula is C13H19FN2O. The fourth-order valence-electron chi connectivity index (χ4n) is 1.54. The van der Waals surface area contributed by atoms with Gasteiger partial charge in [0.25, 0.3) is 0 Å². The molecule has 0 spiro atoms. The van der Waals surface area contributed by atoms with Crippen LogP contribution in [0.4, 0.5) is 4.39 Å². The normalized spacial score (nSPS) is 13.2. The zero-order chi connectivity index (χ0) is 13.1. The van der Waals surface area contributed by atoms with Crippen LogP contribution in [0.1, 0.15) is 38.8 Å². The molecule has 4 heteroatoms. The minimum atomic E-state index is -0.521. The zero-order valence-corrected chi connectivity index (χ0v) is 10.5. The average molecular weight is 238 g/mol. The Morgan fingerprint density at radius 3 is 2.41 bits per heavy atom. The van der Waals surface area contributed by atoms with Crippen molar-refractivity contribution in [3.8, 4) is 0 Å². The van der Waals surface area contributed by atoms with E-state index in [9.17, 15) is 9.18 Å². The molecule has 1 aromatic carbocycles. The molecule has 0 fully saturated rings. The SMILES string of the molecule is C[C@@H](NC(=O)CC(C)(C)N)c1ccc(F)cc1. The monoisotopic (exact) mass is 238 g/mol. The molecule has 1 rings (SSSR count). The molecule has 0 unspecified atom stereocenters. The molecule has 0 bridgehead atoms. The third kappa shape index (κ3) is 4.95. The van der Waals surface area contributed by atoms with Gasteiger partial charge < -0.3 is 11.1 Å². The van der Waals surface area contributed by atoms with Crippen molar-refractivity contribution in [1.82, 2.24) is 5.32 Å². The number of rotatable bonds is 4. The second-order valence-electron chi connectivity index (χ2n) is 5.01. The molecule has 3 nitrogen and oxygen atoms in total. The van der Waals surface area contributed by atoms with E-state index in [1.54, 1.807) is 26.0 Å². The van der Waals surface area contributed by atoms with Crippen molar-refractivity contribution in [2.45, 2.75) is 38.8 Å². The van der Waals surface area contributed by atoms with Gasteiger partial charge in [0, 0.05) is 12.0 Å². The fraction of sp³-hybridized carbons (Fsp3) is 0.462. The summed E-state index contributed by atoms with van der Waals surface area (Å²) in [6, 6.07) is 5.93. The van der Waals surface area contributed by atoms with Gasteiger partial charge in [-0.25, -0.2) is 4.39 Å². The molecule has 3 N–H and O–H groups in total. The lowest BCUT2D eigenvalue weighted by Gasteiger charge is -2.20. The third-order valence-corrected chi connectivity index (χ3v) is 2.36. The molecule has 1 atom stereocenters. The summed E-state index contributed by atoms with van der Waals surface area (Å²) >= 11 is 0. The number of nitrogens with two attached hydrogens (primary N) is 1. The summed E-state index contributed by atoms with van der Waals surface area (Å²) in [7, 11) is 0. The maximum Gasteiger partial charge on any atom is 0.222 e. The molecule has 94 valence electrons. The first-order chi connectivity index (χ1) is 7.78. The van der Waals surface area contributed by atoms with Crippen molar-refractivity contribution in [3.63, 3.8) is 0 Å². The van der Waals surface area contributed by atoms with E-state index in [-0.39, 0.29) is 24.2 Å². The number of carbonyl (C=O) groups is 1. The van der Waals surface area contributed by atoms with E-state index in [0.717, 1.165) is 5.56 Å². The molecule has 0 aromatic heterocycles. The van der Waals surface area contributed by atoms with Gasteiger partial charge in [0.05, 0.1) is 6.04 Å². The topological polar surface area (TPSA) is 55.1 Å². The highest BCUT2D eigenvalue weighted by Gasteiger charge is 2.18. The Bertz CT molecular complexity index is 381. The van der Waals surface area contributed by atoms with Crippen LogP contribution in [-0.4, -0.2) is 11.4 Å². The van der Waals surface area contributed by atoms with Gasteiger partial charge in [-0.2, -0.15) is 0 Å². The summed E-state index contributed by atoms with van der Waals surface area (Å²) < 4.78 is 12.7. The van der Waals surface area contributed by atoms with Crippen molar-refractivity contribution >= 4 is 5.91 Å². The quantitative estimate of drug-likeness (QED) is 0.844. The molecule has 17 heavy (non-hydrogen) atoms. The Labute approximate surface area is 101 Å². The van der Waals surface area contributed by atoms with Gasteiger partial charge in [-0.15, -0.1) is 0 Å². The van der Waals surface area contributed by atoms with E-state index in [2.05, 4.69) is 5.32 Å². The number of amides is 1.